The molecule has 5 heteroatoms. The molecule has 2 rings (SSSR count). The second-order valence-electron chi connectivity index (χ2n) is 5.67. The number of aromatic nitrogens is 2. The molecule has 0 unspecified atom stereocenters. The van der Waals surface area contributed by atoms with Crippen molar-refractivity contribution >= 4 is 15.9 Å². The van der Waals surface area contributed by atoms with Crippen molar-refractivity contribution in [3.05, 3.63) is 15.9 Å². The maximum Gasteiger partial charge on any atom is 0.0738 e. The van der Waals surface area contributed by atoms with E-state index in [1.165, 1.54) is 29.4 Å². The Morgan fingerprint density at radius 3 is 2.68 bits per heavy atom. The second-order valence-corrected chi connectivity index (χ2v) is 6.46. The van der Waals surface area contributed by atoms with Crippen LogP contribution in [0.3, 0.4) is 0 Å². The topological polar surface area (TPSA) is 39.1 Å². The van der Waals surface area contributed by atoms with E-state index >= 15 is 0 Å². The molecule has 0 bridgehead atoms. The van der Waals surface area contributed by atoms with Crippen LogP contribution < -0.4 is 5.32 Å². The summed E-state index contributed by atoms with van der Waals surface area (Å²) in [6, 6.07) is 0. The van der Waals surface area contributed by atoms with E-state index in [2.05, 4.69) is 33.3 Å². The first-order valence-corrected chi connectivity index (χ1v) is 7.75. The third-order valence-electron chi connectivity index (χ3n) is 4.20. The fraction of sp³-hybridized carbons (Fsp3) is 0.786. The lowest BCUT2D eigenvalue weighted by molar-refractivity contribution is 0.120. The van der Waals surface area contributed by atoms with Gasteiger partial charge in [-0.05, 0) is 47.5 Å². The Morgan fingerprint density at radius 1 is 1.47 bits per heavy atom. The maximum atomic E-state index is 5.08. The largest absolute Gasteiger partial charge is 0.383 e. The van der Waals surface area contributed by atoms with Crippen LogP contribution in [-0.4, -0.2) is 36.6 Å². The normalized spacial score (nSPS) is 17.5. The van der Waals surface area contributed by atoms with Gasteiger partial charge in [-0.1, -0.05) is 6.42 Å². The number of ether oxygens (including phenoxy) is 1. The van der Waals surface area contributed by atoms with E-state index in [-0.39, 0.29) is 0 Å². The van der Waals surface area contributed by atoms with Crippen LogP contribution in [0.25, 0.3) is 0 Å². The summed E-state index contributed by atoms with van der Waals surface area (Å²) in [5.74, 6) is 0. The molecule has 0 saturated heterocycles. The number of nitrogens with one attached hydrogen (secondary N) is 1. The lowest BCUT2D eigenvalue weighted by Crippen LogP contribution is -2.43. The molecule has 108 valence electrons. The van der Waals surface area contributed by atoms with Gasteiger partial charge in [0.2, 0.25) is 0 Å². The van der Waals surface area contributed by atoms with Gasteiger partial charge in [-0.25, -0.2) is 0 Å². The number of hydrogen-bond acceptors (Lipinski definition) is 3. The Kier molecular flexibility index (Phi) is 5.03. The summed E-state index contributed by atoms with van der Waals surface area (Å²) in [6.07, 6.45) is 5.07. The molecular weight excluding hydrogens is 306 g/mol. The predicted octanol–water partition coefficient (Wildman–Crippen LogP) is 2.44. The molecule has 0 aliphatic heterocycles. The van der Waals surface area contributed by atoms with E-state index in [1.807, 2.05) is 11.7 Å². The second kappa shape index (κ2) is 6.37. The van der Waals surface area contributed by atoms with E-state index < -0.39 is 0 Å². The van der Waals surface area contributed by atoms with Gasteiger partial charge < -0.3 is 10.1 Å². The molecule has 1 saturated carbocycles. The molecule has 1 heterocycles. The molecule has 4 nitrogen and oxygen atoms in total. The highest BCUT2D eigenvalue weighted by Crippen LogP contribution is 2.44. The quantitative estimate of drug-likeness (QED) is 0.781. The molecular formula is C14H24BrN3O. The van der Waals surface area contributed by atoms with Crippen molar-refractivity contribution in [3.63, 3.8) is 0 Å². The highest BCUT2D eigenvalue weighted by molar-refractivity contribution is 9.10. The van der Waals surface area contributed by atoms with E-state index in [0.717, 1.165) is 31.8 Å². The fourth-order valence-corrected chi connectivity index (χ4v) is 3.32. The number of nitrogens with zero attached hydrogens (tertiary/aromatic N) is 2. The summed E-state index contributed by atoms with van der Waals surface area (Å²) in [5, 5.41) is 8.02. The smallest absolute Gasteiger partial charge is 0.0738 e. The Bertz CT molecular complexity index is 427. The van der Waals surface area contributed by atoms with Gasteiger partial charge >= 0.3 is 0 Å². The summed E-state index contributed by atoms with van der Waals surface area (Å²) in [4.78, 5) is 0. The van der Waals surface area contributed by atoms with Crippen LogP contribution in [0, 0.1) is 12.3 Å². The van der Waals surface area contributed by atoms with Crippen LogP contribution >= 0.6 is 15.9 Å². The molecule has 0 spiro atoms. The SMILES string of the molecule is COCCNCC1(Cc2c(Br)c(C)nn2C)CCC1. The van der Waals surface area contributed by atoms with Crippen LogP contribution in [0.1, 0.15) is 30.7 Å². The van der Waals surface area contributed by atoms with Gasteiger partial charge in [0.15, 0.2) is 0 Å². The van der Waals surface area contributed by atoms with Gasteiger partial charge in [-0.15, -0.1) is 0 Å². The fourth-order valence-electron chi connectivity index (χ4n) is 2.85. The third-order valence-corrected chi connectivity index (χ3v) is 5.23. The van der Waals surface area contributed by atoms with Crippen molar-refractivity contribution in [2.45, 2.75) is 32.6 Å². The number of hydrogen-bond donors (Lipinski definition) is 1. The van der Waals surface area contributed by atoms with E-state index in [4.69, 9.17) is 4.74 Å². The van der Waals surface area contributed by atoms with Crippen molar-refractivity contribution < 1.29 is 4.74 Å². The Balaban J connectivity index is 1.98. The Labute approximate surface area is 124 Å². The van der Waals surface area contributed by atoms with Crippen LogP contribution in [0.2, 0.25) is 0 Å². The summed E-state index contributed by atoms with van der Waals surface area (Å²) in [6.45, 7) is 4.85. The first kappa shape index (κ1) is 15.0. The Hall–Kier alpha value is -0.390. The predicted molar refractivity (Wildman–Crippen MR) is 80.4 cm³/mol. The average molecular weight is 330 g/mol. The number of rotatable bonds is 7. The zero-order valence-electron chi connectivity index (χ0n) is 12.1. The van der Waals surface area contributed by atoms with E-state index in [9.17, 15) is 0 Å². The van der Waals surface area contributed by atoms with Crippen LogP contribution in [0.4, 0.5) is 0 Å². The summed E-state index contributed by atoms with van der Waals surface area (Å²) < 4.78 is 8.29. The van der Waals surface area contributed by atoms with E-state index in [1.54, 1.807) is 7.11 Å². The molecule has 1 fully saturated rings. The van der Waals surface area contributed by atoms with Crippen molar-refractivity contribution in [1.29, 1.82) is 0 Å². The maximum absolute atomic E-state index is 5.08. The summed E-state index contributed by atoms with van der Waals surface area (Å²) >= 11 is 3.68. The van der Waals surface area contributed by atoms with Gasteiger partial charge in [0.1, 0.15) is 0 Å². The first-order valence-electron chi connectivity index (χ1n) is 6.96. The lowest BCUT2D eigenvalue weighted by atomic mass is 9.66. The molecule has 0 amide bonds. The molecule has 0 atom stereocenters. The molecule has 1 aromatic rings. The Morgan fingerprint density at radius 2 is 2.21 bits per heavy atom. The lowest BCUT2D eigenvalue weighted by Gasteiger charge is -2.42. The van der Waals surface area contributed by atoms with E-state index in [0.29, 0.717) is 5.41 Å². The number of halogens is 1. The van der Waals surface area contributed by atoms with Crippen molar-refractivity contribution in [2.24, 2.45) is 12.5 Å². The molecule has 0 radical (unpaired) electrons. The van der Waals surface area contributed by atoms with Crippen molar-refractivity contribution in [2.75, 3.05) is 26.8 Å². The third kappa shape index (κ3) is 3.38. The van der Waals surface area contributed by atoms with Crippen molar-refractivity contribution in [1.82, 2.24) is 15.1 Å². The minimum Gasteiger partial charge on any atom is -0.383 e. The van der Waals surface area contributed by atoms with Crippen molar-refractivity contribution in [3.8, 4) is 0 Å². The first-order chi connectivity index (χ1) is 9.08. The minimum atomic E-state index is 0.413. The molecule has 1 aliphatic rings. The molecule has 1 N–H and O–H groups in total. The standard InChI is InChI=1S/C14H24BrN3O/c1-11-13(15)12(18(2)17-11)9-14(5-4-6-14)10-16-7-8-19-3/h16H,4-10H2,1-3H3. The average Bonchev–Trinajstić information content (AvgIpc) is 2.57. The number of aryl methyl sites for hydroxylation is 2. The number of methoxy groups -OCH3 is 1. The van der Waals surface area contributed by atoms with Gasteiger partial charge in [-0.2, -0.15) is 5.10 Å². The van der Waals surface area contributed by atoms with Gasteiger partial charge in [-0.3, -0.25) is 4.68 Å². The van der Waals surface area contributed by atoms with Crippen LogP contribution in [0.15, 0.2) is 4.47 Å². The summed E-state index contributed by atoms with van der Waals surface area (Å²) in [7, 11) is 3.79. The zero-order valence-corrected chi connectivity index (χ0v) is 13.7. The monoisotopic (exact) mass is 329 g/mol. The summed E-state index contributed by atoms with van der Waals surface area (Å²) in [5.41, 5.74) is 2.82. The highest BCUT2D eigenvalue weighted by Gasteiger charge is 2.38. The molecule has 0 aromatic carbocycles. The molecule has 19 heavy (non-hydrogen) atoms. The van der Waals surface area contributed by atoms with Gasteiger partial charge in [0.05, 0.1) is 22.5 Å². The zero-order chi connectivity index (χ0) is 13.9. The molecule has 1 aliphatic carbocycles. The van der Waals surface area contributed by atoms with Crippen LogP contribution in [0.5, 0.6) is 0 Å². The molecule has 1 aromatic heterocycles. The van der Waals surface area contributed by atoms with Gasteiger partial charge in [0.25, 0.3) is 0 Å². The van der Waals surface area contributed by atoms with Gasteiger partial charge in [0, 0.05) is 27.2 Å². The van der Waals surface area contributed by atoms with Crippen LogP contribution in [-0.2, 0) is 18.2 Å². The highest BCUT2D eigenvalue weighted by atomic mass is 79.9. The minimum absolute atomic E-state index is 0.413.